The van der Waals surface area contributed by atoms with E-state index < -0.39 is 7.12 Å². The van der Waals surface area contributed by atoms with Crippen LogP contribution in [0.15, 0.2) is 16.7 Å². The third-order valence-electron chi connectivity index (χ3n) is 1.36. The van der Waals surface area contributed by atoms with E-state index in [0.717, 1.165) is 6.26 Å². The lowest BCUT2D eigenvalue weighted by Crippen LogP contribution is -2.28. The fourth-order valence-electron chi connectivity index (χ4n) is 0.752. The zero-order valence-corrected chi connectivity index (χ0v) is 7.91. The molecule has 0 atom stereocenters. The molecule has 0 saturated heterocycles. The molecule has 0 aliphatic carbocycles. The second kappa shape index (κ2) is 7.07. The van der Waals surface area contributed by atoms with Gasteiger partial charge in [-0.05, 0) is 6.07 Å². The van der Waals surface area contributed by atoms with E-state index >= 15 is 0 Å². The van der Waals surface area contributed by atoms with Crippen LogP contribution in [0, 0.1) is 0 Å². The summed E-state index contributed by atoms with van der Waals surface area (Å²) >= 11 is 0. The van der Waals surface area contributed by atoms with Crippen LogP contribution in [0.4, 0.5) is 0 Å². The Labute approximate surface area is 86.8 Å². The van der Waals surface area contributed by atoms with Crippen LogP contribution >= 0.6 is 0 Å². The van der Waals surface area contributed by atoms with E-state index in [-0.39, 0.29) is 24.8 Å². The summed E-state index contributed by atoms with van der Waals surface area (Å²) in [6.45, 7) is 0. The highest BCUT2D eigenvalue weighted by Crippen LogP contribution is 1.97. The molecule has 1 aromatic heterocycles. The average Bonchev–Trinajstić information content (AvgIpc) is 2.66. The van der Waals surface area contributed by atoms with Crippen molar-refractivity contribution < 1.29 is 29.3 Å². The number of carbonyl (C=O) groups is 1. The van der Waals surface area contributed by atoms with Crippen LogP contribution in [0.5, 0.6) is 0 Å². The molecule has 0 aliphatic rings. The van der Waals surface area contributed by atoms with Crippen molar-refractivity contribution in [2.24, 2.45) is 0 Å². The Morgan fingerprint density at radius 2 is 2.07 bits per heavy atom. The Balaban J connectivity index is 0.000000583. The molecule has 0 bridgehead atoms. The molecular weight excluding hydrogens is 204 g/mol. The predicted molar refractivity (Wildman–Crippen MR) is 52.1 cm³/mol. The van der Waals surface area contributed by atoms with Gasteiger partial charge in [-0.15, -0.1) is 0 Å². The van der Waals surface area contributed by atoms with Gasteiger partial charge in [0.2, 0.25) is 0 Å². The van der Waals surface area contributed by atoms with Gasteiger partial charge in [0.05, 0.1) is 5.56 Å². The van der Waals surface area contributed by atoms with Crippen molar-refractivity contribution >= 4 is 26.4 Å². The van der Waals surface area contributed by atoms with E-state index in [1.807, 2.05) is 0 Å². The summed E-state index contributed by atoms with van der Waals surface area (Å²) in [7, 11) is -0.201. The van der Waals surface area contributed by atoms with Gasteiger partial charge in [0.1, 0.15) is 11.9 Å². The lowest BCUT2D eigenvalue weighted by Gasteiger charge is -1.91. The van der Waals surface area contributed by atoms with Gasteiger partial charge in [-0.1, -0.05) is 0 Å². The lowest BCUT2D eigenvalue weighted by atomic mass is 9.87. The number of amides is 1. The van der Waals surface area contributed by atoms with Gasteiger partial charge < -0.3 is 29.8 Å². The average molecular weight is 214 g/mol. The second-order valence-corrected chi connectivity index (χ2v) is 2.31. The Morgan fingerprint density at radius 3 is 2.40 bits per heavy atom. The molecule has 81 valence electrons. The minimum absolute atomic E-state index is 0. The monoisotopic (exact) mass is 214 g/mol. The number of rotatable bonds is 2. The van der Waals surface area contributed by atoms with Crippen LogP contribution in [0.3, 0.4) is 0 Å². The van der Waals surface area contributed by atoms with Crippen molar-refractivity contribution in [1.82, 2.24) is 5.32 Å². The van der Waals surface area contributed by atoms with Crippen LogP contribution in [0.1, 0.15) is 10.4 Å². The Hall–Kier alpha value is -1.28. The maximum absolute atomic E-state index is 10.9. The van der Waals surface area contributed by atoms with Gasteiger partial charge in [-0.3, -0.25) is 4.79 Å². The molecular formula is C6H10B2NO6. The zero-order valence-electron chi connectivity index (χ0n) is 7.91. The fourth-order valence-corrected chi connectivity index (χ4v) is 0.752. The maximum atomic E-state index is 10.9. The van der Waals surface area contributed by atoms with Crippen LogP contribution in [0.25, 0.3) is 0 Å². The Kier molecular flexibility index (Phi) is 6.47. The first-order valence-electron chi connectivity index (χ1n) is 3.83. The molecule has 1 amide bonds. The molecule has 1 rings (SSSR count). The van der Waals surface area contributed by atoms with Crippen molar-refractivity contribution in [2.45, 2.75) is 0 Å². The summed E-state index contributed by atoms with van der Waals surface area (Å²) in [6, 6.07) is 1.27. The molecule has 0 aliphatic heterocycles. The Morgan fingerprint density at radius 1 is 1.53 bits per heavy atom. The highest BCUT2D eigenvalue weighted by Gasteiger charge is 2.18. The van der Waals surface area contributed by atoms with E-state index in [1.54, 1.807) is 0 Å². The molecule has 1 heterocycles. The first kappa shape index (κ1) is 13.7. The maximum Gasteiger partial charge on any atom is 0.526 e. The standard InChI is InChI=1S/C6H8BNO4.BH2O2/c1-8-6(9)4-2-5(7(10)11)12-3-4;2-1-3/h2-3,10-11H,1H3,(H,8,9);2-3H. The van der Waals surface area contributed by atoms with Gasteiger partial charge in [-0.25, -0.2) is 0 Å². The van der Waals surface area contributed by atoms with Crippen LogP contribution in [0.2, 0.25) is 0 Å². The van der Waals surface area contributed by atoms with E-state index in [2.05, 4.69) is 9.73 Å². The normalized spacial score (nSPS) is 8.60. The fraction of sp³-hybridized carbons (Fsp3) is 0.167. The third kappa shape index (κ3) is 4.66. The van der Waals surface area contributed by atoms with Crippen molar-refractivity contribution in [2.75, 3.05) is 7.05 Å². The number of hydrogen-bond donors (Lipinski definition) is 5. The molecule has 15 heavy (non-hydrogen) atoms. The third-order valence-corrected chi connectivity index (χ3v) is 1.36. The summed E-state index contributed by atoms with van der Waals surface area (Å²) in [5.74, 6) is -0.328. The number of furan rings is 1. The quantitative estimate of drug-likeness (QED) is 0.330. The van der Waals surface area contributed by atoms with Crippen molar-refractivity contribution in [1.29, 1.82) is 0 Å². The molecule has 1 aromatic rings. The molecule has 0 unspecified atom stereocenters. The summed E-state index contributed by atoms with van der Waals surface area (Å²) < 4.78 is 4.69. The molecule has 0 saturated carbocycles. The van der Waals surface area contributed by atoms with Gasteiger partial charge >= 0.3 is 14.8 Å². The number of hydrogen-bond acceptors (Lipinski definition) is 6. The first-order chi connectivity index (χ1) is 7.06. The van der Waals surface area contributed by atoms with Gasteiger partial charge in [0.15, 0.2) is 0 Å². The SMILES string of the molecule is CNC(=O)c1coc(B(O)O)c1.O[B]O. The molecule has 5 N–H and O–H groups in total. The topological polar surface area (TPSA) is 123 Å². The van der Waals surface area contributed by atoms with Crippen LogP contribution in [-0.2, 0) is 0 Å². The smallest absolute Gasteiger partial charge is 0.472 e. The molecule has 1 radical (unpaired) electrons. The van der Waals surface area contributed by atoms with E-state index in [0.29, 0.717) is 0 Å². The zero-order chi connectivity index (χ0) is 11.8. The summed E-state index contributed by atoms with van der Waals surface area (Å²) in [5, 5.41) is 33.6. The van der Waals surface area contributed by atoms with Gasteiger partial charge in [0.25, 0.3) is 5.91 Å². The van der Waals surface area contributed by atoms with Gasteiger partial charge in [0, 0.05) is 7.05 Å². The molecule has 0 spiro atoms. The number of carbonyl (C=O) groups excluding carboxylic acids is 1. The summed E-state index contributed by atoms with van der Waals surface area (Å²) in [6.07, 6.45) is 1.16. The molecule has 7 nitrogen and oxygen atoms in total. The summed E-state index contributed by atoms with van der Waals surface area (Å²) in [5.41, 5.74) is 0.217. The first-order valence-corrected chi connectivity index (χ1v) is 3.83. The minimum Gasteiger partial charge on any atom is -0.472 e. The van der Waals surface area contributed by atoms with Crippen LogP contribution in [-0.4, -0.2) is 47.9 Å². The predicted octanol–water partition coefficient (Wildman–Crippen LogP) is -3.18. The Bertz CT molecular complexity index is 302. The number of nitrogens with one attached hydrogen (secondary N) is 1. The highest BCUT2D eigenvalue weighted by atomic mass is 16.4. The molecule has 0 aromatic carbocycles. The van der Waals surface area contributed by atoms with Gasteiger partial charge in [-0.2, -0.15) is 0 Å². The molecule has 9 heteroatoms. The van der Waals surface area contributed by atoms with Crippen molar-refractivity contribution in [3.63, 3.8) is 0 Å². The van der Waals surface area contributed by atoms with E-state index in [9.17, 15) is 4.79 Å². The highest BCUT2D eigenvalue weighted by molar-refractivity contribution is 6.57. The molecule has 0 fully saturated rings. The van der Waals surface area contributed by atoms with E-state index in [4.69, 9.17) is 20.1 Å². The van der Waals surface area contributed by atoms with Crippen LogP contribution < -0.4 is 11.0 Å². The van der Waals surface area contributed by atoms with Crippen molar-refractivity contribution in [3.8, 4) is 0 Å². The summed E-state index contributed by atoms with van der Waals surface area (Å²) in [4.78, 5) is 10.9. The minimum atomic E-state index is -1.68. The van der Waals surface area contributed by atoms with E-state index in [1.165, 1.54) is 13.1 Å². The lowest BCUT2D eigenvalue weighted by molar-refractivity contribution is 0.0962. The second-order valence-electron chi connectivity index (χ2n) is 2.31. The van der Waals surface area contributed by atoms with Crippen molar-refractivity contribution in [3.05, 3.63) is 17.9 Å². The largest absolute Gasteiger partial charge is 0.526 e.